The lowest BCUT2D eigenvalue weighted by molar-refractivity contribution is 0.197. The van der Waals surface area contributed by atoms with Crippen molar-refractivity contribution in [2.45, 2.75) is 6.04 Å². The number of allylic oxidation sites excluding steroid dienone is 2. The quantitative estimate of drug-likeness (QED) is 0.343. The smallest absolute Gasteiger partial charge is 0.185 e. The van der Waals surface area contributed by atoms with Gasteiger partial charge in [-0.2, -0.15) is 0 Å². The number of ether oxygens (including phenoxy) is 2. The lowest BCUT2D eigenvalue weighted by atomic mass is 10.1. The SMILES string of the molecule is COCCN/C(=C/[C+]=CC(NCCOC)c1ccccc1)c1ccccc1. The maximum absolute atomic E-state index is 5.15. The second kappa shape index (κ2) is 12.8. The fourth-order valence-electron chi connectivity index (χ4n) is 2.62. The molecule has 0 saturated heterocycles. The fraction of sp³-hybridized carbons (Fsp3) is 0.304. The first-order chi connectivity index (χ1) is 13.3. The Morgan fingerprint density at radius 1 is 0.926 bits per heavy atom. The number of methoxy groups -OCH3 is 2. The summed E-state index contributed by atoms with van der Waals surface area (Å²) < 4.78 is 10.3. The molecule has 1 atom stereocenters. The van der Waals surface area contributed by atoms with E-state index < -0.39 is 0 Å². The van der Waals surface area contributed by atoms with Crippen molar-refractivity contribution in [2.75, 3.05) is 40.5 Å². The third-order valence-corrected chi connectivity index (χ3v) is 4.03. The van der Waals surface area contributed by atoms with Gasteiger partial charge in [-0.05, 0) is 17.7 Å². The van der Waals surface area contributed by atoms with Gasteiger partial charge in [0.1, 0.15) is 0 Å². The summed E-state index contributed by atoms with van der Waals surface area (Å²) in [7, 11) is 3.41. The molecule has 142 valence electrons. The van der Waals surface area contributed by atoms with Gasteiger partial charge < -0.3 is 20.1 Å². The second-order valence-electron chi connectivity index (χ2n) is 6.01. The van der Waals surface area contributed by atoms with Gasteiger partial charge in [-0.3, -0.25) is 0 Å². The van der Waals surface area contributed by atoms with Crippen molar-refractivity contribution >= 4 is 5.70 Å². The average molecular weight is 365 g/mol. The highest BCUT2D eigenvalue weighted by Gasteiger charge is 2.11. The van der Waals surface area contributed by atoms with Crippen LogP contribution in [0.1, 0.15) is 17.2 Å². The molecule has 0 amide bonds. The minimum absolute atomic E-state index is 0.0774. The first kappa shape index (κ1) is 20.8. The number of hydrogen-bond donors (Lipinski definition) is 2. The largest absolute Gasteiger partial charge is 0.383 e. The van der Waals surface area contributed by atoms with Crippen LogP contribution in [0, 0.1) is 6.08 Å². The topological polar surface area (TPSA) is 42.5 Å². The molecular formula is C23H29N2O2+. The zero-order valence-corrected chi connectivity index (χ0v) is 16.2. The van der Waals surface area contributed by atoms with E-state index >= 15 is 0 Å². The van der Waals surface area contributed by atoms with E-state index in [1.165, 1.54) is 5.56 Å². The highest BCUT2D eigenvalue weighted by Crippen LogP contribution is 2.15. The van der Waals surface area contributed by atoms with E-state index in [9.17, 15) is 0 Å². The maximum atomic E-state index is 5.15. The van der Waals surface area contributed by atoms with Gasteiger partial charge in [0, 0.05) is 20.8 Å². The third kappa shape index (κ3) is 7.73. The Kier molecular flexibility index (Phi) is 9.87. The van der Waals surface area contributed by atoms with Crippen LogP contribution >= 0.6 is 0 Å². The Bertz CT molecular complexity index is 684. The third-order valence-electron chi connectivity index (χ3n) is 4.03. The Labute approximate surface area is 162 Å². The van der Waals surface area contributed by atoms with Crippen molar-refractivity contribution in [1.29, 1.82) is 0 Å². The van der Waals surface area contributed by atoms with Gasteiger partial charge in [0.2, 0.25) is 0 Å². The zero-order valence-electron chi connectivity index (χ0n) is 16.2. The molecule has 2 aromatic rings. The predicted molar refractivity (Wildman–Crippen MR) is 111 cm³/mol. The molecule has 2 aromatic carbocycles. The summed E-state index contributed by atoms with van der Waals surface area (Å²) in [5, 5.41) is 6.91. The minimum Gasteiger partial charge on any atom is -0.383 e. The van der Waals surface area contributed by atoms with Crippen molar-refractivity contribution in [3.05, 3.63) is 90.0 Å². The highest BCUT2D eigenvalue weighted by atomic mass is 16.5. The molecule has 1 unspecified atom stereocenters. The standard InChI is InChI=1S/C23H29N2O2/c1-26-18-16-24-22(20-10-5-3-6-11-20)14-9-15-23(25-17-19-27-2)21-12-7-4-8-13-21/h3-8,10-15,22,24-25H,16-19H2,1-2H3/q+1/b23-15+. The molecule has 0 aliphatic carbocycles. The van der Waals surface area contributed by atoms with E-state index in [1.54, 1.807) is 14.2 Å². The monoisotopic (exact) mass is 365 g/mol. The molecule has 0 saturated carbocycles. The summed E-state index contributed by atoms with van der Waals surface area (Å²) in [5.41, 5.74) is 3.34. The van der Waals surface area contributed by atoms with Crippen LogP contribution in [0.15, 0.2) is 72.8 Å². The fourth-order valence-corrected chi connectivity index (χ4v) is 2.62. The van der Waals surface area contributed by atoms with Gasteiger partial charge in [-0.25, -0.2) is 0 Å². The van der Waals surface area contributed by atoms with Crippen LogP contribution in [-0.2, 0) is 9.47 Å². The number of hydrogen-bond acceptors (Lipinski definition) is 4. The molecule has 0 aromatic heterocycles. The van der Waals surface area contributed by atoms with Crippen LogP contribution in [-0.4, -0.2) is 40.5 Å². The van der Waals surface area contributed by atoms with Crippen LogP contribution < -0.4 is 10.6 Å². The van der Waals surface area contributed by atoms with E-state index in [1.807, 2.05) is 48.6 Å². The van der Waals surface area contributed by atoms with Crippen LogP contribution in [0.2, 0.25) is 0 Å². The van der Waals surface area contributed by atoms with Crippen LogP contribution in [0.5, 0.6) is 0 Å². The Morgan fingerprint density at radius 3 is 2.22 bits per heavy atom. The second-order valence-corrected chi connectivity index (χ2v) is 6.01. The highest BCUT2D eigenvalue weighted by molar-refractivity contribution is 5.64. The summed E-state index contributed by atoms with van der Waals surface area (Å²) in [4.78, 5) is 0. The van der Waals surface area contributed by atoms with E-state index in [4.69, 9.17) is 9.47 Å². The molecule has 0 aliphatic heterocycles. The van der Waals surface area contributed by atoms with Crippen molar-refractivity contribution in [1.82, 2.24) is 10.6 Å². The Morgan fingerprint density at radius 2 is 1.56 bits per heavy atom. The summed E-state index contributed by atoms with van der Waals surface area (Å²) in [5.74, 6) is 0. The number of benzene rings is 2. The first-order valence-corrected chi connectivity index (χ1v) is 9.20. The molecule has 4 heteroatoms. The lowest BCUT2D eigenvalue weighted by Gasteiger charge is -2.12. The summed E-state index contributed by atoms with van der Waals surface area (Å²) in [6.07, 6.45) is 7.38. The van der Waals surface area contributed by atoms with Gasteiger partial charge in [0.05, 0.1) is 43.5 Å². The number of rotatable bonds is 12. The van der Waals surface area contributed by atoms with Crippen LogP contribution in [0.25, 0.3) is 5.70 Å². The molecule has 0 radical (unpaired) electrons. The predicted octanol–water partition coefficient (Wildman–Crippen LogP) is 3.60. The molecule has 0 bridgehead atoms. The molecule has 2 rings (SSSR count). The Hall–Kier alpha value is -2.49. The molecule has 4 nitrogen and oxygen atoms in total. The van der Waals surface area contributed by atoms with Crippen molar-refractivity contribution in [3.8, 4) is 0 Å². The Balaban J connectivity index is 2.14. The summed E-state index contributed by atoms with van der Waals surface area (Å²) in [6.45, 7) is 2.84. The molecule has 2 N–H and O–H groups in total. The van der Waals surface area contributed by atoms with E-state index in [2.05, 4.69) is 41.0 Å². The molecule has 0 heterocycles. The molecular weight excluding hydrogens is 336 g/mol. The van der Waals surface area contributed by atoms with Crippen molar-refractivity contribution in [2.24, 2.45) is 0 Å². The summed E-state index contributed by atoms with van der Waals surface area (Å²) in [6, 6.07) is 20.7. The lowest BCUT2D eigenvalue weighted by Crippen LogP contribution is -2.23. The van der Waals surface area contributed by atoms with Gasteiger partial charge in [-0.1, -0.05) is 48.5 Å². The van der Waals surface area contributed by atoms with E-state index in [-0.39, 0.29) is 6.04 Å². The van der Waals surface area contributed by atoms with Gasteiger partial charge in [0.25, 0.3) is 0 Å². The van der Waals surface area contributed by atoms with E-state index in [0.29, 0.717) is 13.2 Å². The minimum atomic E-state index is 0.0774. The maximum Gasteiger partial charge on any atom is 0.185 e. The average Bonchev–Trinajstić information content (AvgIpc) is 2.73. The molecule has 0 fully saturated rings. The van der Waals surface area contributed by atoms with Crippen LogP contribution in [0.3, 0.4) is 0 Å². The van der Waals surface area contributed by atoms with Crippen molar-refractivity contribution in [3.63, 3.8) is 0 Å². The first-order valence-electron chi connectivity index (χ1n) is 9.20. The van der Waals surface area contributed by atoms with Gasteiger partial charge in [-0.15, -0.1) is 0 Å². The normalized spacial score (nSPS) is 12.7. The molecule has 0 aliphatic rings. The van der Waals surface area contributed by atoms with Crippen molar-refractivity contribution < 1.29 is 9.47 Å². The van der Waals surface area contributed by atoms with E-state index in [0.717, 1.165) is 24.4 Å². The van der Waals surface area contributed by atoms with Crippen LogP contribution in [0.4, 0.5) is 0 Å². The summed E-state index contributed by atoms with van der Waals surface area (Å²) >= 11 is 0. The molecule has 27 heavy (non-hydrogen) atoms. The van der Waals surface area contributed by atoms with Gasteiger partial charge >= 0.3 is 0 Å². The zero-order chi connectivity index (χ0) is 19.2. The molecule has 0 spiro atoms. The van der Waals surface area contributed by atoms with Gasteiger partial charge in [0.15, 0.2) is 11.8 Å². The number of nitrogens with one attached hydrogen (secondary N) is 2.